The van der Waals surface area contributed by atoms with Crippen LogP contribution in [0.3, 0.4) is 0 Å². The molecular weight excluding hydrogens is 318 g/mol. The minimum Gasteiger partial charge on any atom is -0.463 e. The number of fused-ring (bicyclic) bond motifs is 1. The third-order valence-electron chi connectivity index (χ3n) is 5.38. The largest absolute Gasteiger partial charge is 0.463 e. The summed E-state index contributed by atoms with van der Waals surface area (Å²) in [6.07, 6.45) is 4.25. The number of nitrogens with zero attached hydrogens (tertiary/aromatic N) is 1. The van der Waals surface area contributed by atoms with Crippen LogP contribution >= 0.6 is 0 Å². The Morgan fingerprint density at radius 1 is 1.36 bits per heavy atom. The van der Waals surface area contributed by atoms with Gasteiger partial charge in [-0.2, -0.15) is 0 Å². The summed E-state index contributed by atoms with van der Waals surface area (Å²) < 4.78 is 11.5. The molecule has 4 rings (SSSR count). The number of carbonyl (C=O) groups excluding carboxylic acids is 2. The fourth-order valence-electron chi connectivity index (χ4n) is 4.21. The van der Waals surface area contributed by atoms with Gasteiger partial charge in [-0.1, -0.05) is 31.2 Å². The fraction of sp³-hybridized carbons (Fsp3) is 0.500. The van der Waals surface area contributed by atoms with Crippen molar-refractivity contribution in [2.24, 2.45) is 11.8 Å². The standard InChI is InChI=1S/C20H23NO4/c1-4-13-5-7-14(8-6-13)21-11-20-10-9-15(25-20)16(17(20)18(21)22)19(23)24-12(2)3/h5-10,12,15-17H,4,11H2,1-3H3/t15-,16?,17+,20-/m1/s1. The summed E-state index contributed by atoms with van der Waals surface area (Å²) in [5.41, 5.74) is 1.37. The van der Waals surface area contributed by atoms with E-state index in [2.05, 4.69) is 6.92 Å². The van der Waals surface area contributed by atoms with Crippen molar-refractivity contribution < 1.29 is 19.1 Å². The first-order valence-corrected chi connectivity index (χ1v) is 8.93. The van der Waals surface area contributed by atoms with Crippen molar-refractivity contribution in [3.05, 3.63) is 42.0 Å². The lowest BCUT2D eigenvalue weighted by molar-refractivity contribution is -0.156. The summed E-state index contributed by atoms with van der Waals surface area (Å²) in [6.45, 7) is 6.17. The molecule has 1 unspecified atom stereocenters. The number of hydrogen-bond donors (Lipinski definition) is 0. The van der Waals surface area contributed by atoms with Crippen molar-refractivity contribution in [1.29, 1.82) is 0 Å². The lowest BCUT2D eigenvalue weighted by Crippen LogP contribution is -2.40. The topological polar surface area (TPSA) is 55.8 Å². The van der Waals surface area contributed by atoms with E-state index in [1.165, 1.54) is 5.56 Å². The van der Waals surface area contributed by atoms with Crippen molar-refractivity contribution in [1.82, 2.24) is 0 Å². The summed E-state index contributed by atoms with van der Waals surface area (Å²) >= 11 is 0. The van der Waals surface area contributed by atoms with Gasteiger partial charge < -0.3 is 14.4 Å². The van der Waals surface area contributed by atoms with Crippen molar-refractivity contribution in [3.63, 3.8) is 0 Å². The van der Waals surface area contributed by atoms with Crippen LogP contribution < -0.4 is 4.90 Å². The highest BCUT2D eigenvalue weighted by molar-refractivity contribution is 6.02. The van der Waals surface area contributed by atoms with E-state index in [4.69, 9.17) is 9.47 Å². The second kappa shape index (κ2) is 5.70. The van der Waals surface area contributed by atoms with Gasteiger partial charge in [-0.15, -0.1) is 0 Å². The van der Waals surface area contributed by atoms with Gasteiger partial charge >= 0.3 is 5.97 Å². The van der Waals surface area contributed by atoms with Crippen LogP contribution in [0.2, 0.25) is 0 Å². The average molecular weight is 341 g/mol. The second-order valence-corrected chi connectivity index (χ2v) is 7.33. The summed E-state index contributed by atoms with van der Waals surface area (Å²) in [5, 5.41) is 0. The first-order valence-electron chi connectivity index (χ1n) is 8.93. The zero-order valence-electron chi connectivity index (χ0n) is 14.8. The highest BCUT2D eigenvalue weighted by Crippen LogP contribution is 2.52. The molecule has 1 aromatic rings. The number of anilines is 1. The number of aryl methyl sites for hydroxylation is 1. The first-order chi connectivity index (χ1) is 11.9. The smallest absolute Gasteiger partial charge is 0.313 e. The minimum absolute atomic E-state index is 0.0539. The number of esters is 1. The van der Waals surface area contributed by atoms with E-state index >= 15 is 0 Å². The zero-order chi connectivity index (χ0) is 17.8. The zero-order valence-corrected chi connectivity index (χ0v) is 14.8. The van der Waals surface area contributed by atoms with Crippen LogP contribution in [0.5, 0.6) is 0 Å². The molecule has 132 valence electrons. The van der Waals surface area contributed by atoms with Gasteiger partial charge in [-0.25, -0.2) is 0 Å². The van der Waals surface area contributed by atoms with E-state index in [0.717, 1.165) is 12.1 Å². The third kappa shape index (κ3) is 2.41. The van der Waals surface area contributed by atoms with Gasteiger partial charge in [0.1, 0.15) is 11.5 Å². The maximum absolute atomic E-state index is 13.1. The van der Waals surface area contributed by atoms with Gasteiger partial charge in [0, 0.05) is 5.69 Å². The van der Waals surface area contributed by atoms with Gasteiger partial charge in [-0.05, 0) is 38.0 Å². The number of benzene rings is 1. The highest BCUT2D eigenvalue weighted by Gasteiger charge is 2.67. The Hall–Kier alpha value is -2.14. The summed E-state index contributed by atoms with van der Waals surface area (Å²) in [5.74, 6) is -1.45. The van der Waals surface area contributed by atoms with E-state index in [9.17, 15) is 9.59 Å². The van der Waals surface area contributed by atoms with Gasteiger partial charge in [-0.3, -0.25) is 9.59 Å². The van der Waals surface area contributed by atoms with Crippen LogP contribution in [-0.2, 0) is 25.5 Å². The molecule has 0 aromatic heterocycles. The molecule has 25 heavy (non-hydrogen) atoms. The molecule has 4 atom stereocenters. The predicted octanol–water partition coefficient (Wildman–Crippen LogP) is 2.49. The van der Waals surface area contributed by atoms with Gasteiger partial charge in [0.05, 0.1) is 24.7 Å². The Balaban J connectivity index is 1.64. The average Bonchev–Trinajstić information content (AvgIpc) is 3.22. The Labute approximate surface area is 147 Å². The molecule has 1 aromatic carbocycles. The molecule has 0 aliphatic carbocycles. The molecule has 2 saturated heterocycles. The summed E-state index contributed by atoms with van der Waals surface area (Å²) in [6, 6.07) is 8.00. The van der Waals surface area contributed by atoms with Crippen molar-refractivity contribution in [2.45, 2.75) is 45.0 Å². The summed E-state index contributed by atoms with van der Waals surface area (Å²) in [4.78, 5) is 27.4. The monoisotopic (exact) mass is 341 g/mol. The molecule has 3 aliphatic rings. The van der Waals surface area contributed by atoms with E-state index in [1.807, 2.05) is 50.3 Å². The molecule has 5 nitrogen and oxygen atoms in total. The number of hydrogen-bond acceptors (Lipinski definition) is 4. The molecule has 2 fully saturated rings. The van der Waals surface area contributed by atoms with E-state index in [-0.39, 0.29) is 24.1 Å². The van der Waals surface area contributed by atoms with Crippen molar-refractivity contribution in [3.8, 4) is 0 Å². The third-order valence-corrected chi connectivity index (χ3v) is 5.38. The number of carbonyl (C=O) groups is 2. The highest BCUT2D eigenvalue weighted by atomic mass is 16.6. The van der Waals surface area contributed by atoms with E-state index in [0.29, 0.717) is 6.54 Å². The fourth-order valence-corrected chi connectivity index (χ4v) is 4.21. The van der Waals surface area contributed by atoms with Gasteiger partial charge in [0.15, 0.2) is 0 Å². The normalized spacial score (nSPS) is 32.6. The Morgan fingerprint density at radius 2 is 2.08 bits per heavy atom. The van der Waals surface area contributed by atoms with Crippen LogP contribution in [0.4, 0.5) is 5.69 Å². The minimum atomic E-state index is -0.703. The Bertz CT molecular complexity index is 739. The van der Waals surface area contributed by atoms with Crippen LogP contribution in [0.1, 0.15) is 26.3 Å². The second-order valence-electron chi connectivity index (χ2n) is 7.33. The molecule has 0 saturated carbocycles. The molecule has 0 radical (unpaired) electrons. The lowest BCUT2D eigenvalue weighted by Gasteiger charge is -2.23. The Kier molecular flexibility index (Phi) is 3.72. The lowest BCUT2D eigenvalue weighted by atomic mass is 9.77. The SMILES string of the molecule is CCc1ccc(N2C[C@@]34C=C[C@@H](O3)C(C(=O)OC(C)C)[C@H]4C2=O)cc1. The van der Waals surface area contributed by atoms with Crippen molar-refractivity contribution in [2.75, 3.05) is 11.4 Å². The van der Waals surface area contributed by atoms with Gasteiger partial charge in [0.2, 0.25) is 5.91 Å². The molecule has 1 spiro atoms. The molecule has 5 heteroatoms. The molecule has 0 N–H and O–H groups in total. The van der Waals surface area contributed by atoms with Crippen LogP contribution in [0, 0.1) is 11.8 Å². The maximum atomic E-state index is 13.1. The summed E-state index contributed by atoms with van der Waals surface area (Å²) in [7, 11) is 0. The van der Waals surface area contributed by atoms with Crippen LogP contribution in [0.25, 0.3) is 0 Å². The molecule has 2 bridgehead atoms. The van der Waals surface area contributed by atoms with Crippen molar-refractivity contribution >= 4 is 17.6 Å². The van der Waals surface area contributed by atoms with Gasteiger partial charge in [0.25, 0.3) is 0 Å². The molecule has 1 amide bonds. The van der Waals surface area contributed by atoms with E-state index < -0.39 is 17.4 Å². The molecule has 3 aliphatic heterocycles. The predicted molar refractivity (Wildman–Crippen MR) is 93.1 cm³/mol. The quantitative estimate of drug-likeness (QED) is 0.624. The van der Waals surface area contributed by atoms with E-state index in [1.54, 1.807) is 4.90 Å². The van der Waals surface area contributed by atoms with Crippen LogP contribution in [0.15, 0.2) is 36.4 Å². The molecule has 3 heterocycles. The maximum Gasteiger partial charge on any atom is 0.313 e. The number of amides is 1. The number of ether oxygens (including phenoxy) is 2. The Morgan fingerprint density at radius 3 is 2.72 bits per heavy atom. The first kappa shape index (κ1) is 16.3. The van der Waals surface area contributed by atoms with Crippen LogP contribution in [-0.4, -0.2) is 36.2 Å². The number of rotatable bonds is 4. The molecular formula is C20H23NO4.